The molecule has 2 aromatic rings. The highest BCUT2D eigenvalue weighted by molar-refractivity contribution is 9.10. The van der Waals surface area contributed by atoms with E-state index in [9.17, 15) is 4.79 Å². The first-order valence-corrected chi connectivity index (χ1v) is 9.71. The topological polar surface area (TPSA) is 82.7 Å². The van der Waals surface area contributed by atoms with Crippen LogP contribution < -0.4 is 21.3 Å². The van der Waals surface area contributed by atoms with Crippen LogP contribution in [-0.4, -0.2) is 38.0 Å². The van der Waals surface area contributed by atoms with Gasteiger partial charge in [-0.2, -0.15) is 0 Å². The molecule has 6 nitrogen and oxygen atoms in total. The van der Waals surface area contributed by atoms with E-state index in [0.717, 1.165) is 35.5 Å². The van der Waals surface area contributed by atoms with Gasteiger partial charge in [-0.1, -0.05) is 28.1 Å². The summed E-state index contributed by atoms with van der Waals surface area (Å²) in [5.41, 5.74) is 8.08. The van der Waals surface area contributed by atoms with Gasteiger partial charge in [0.25, 0.3) is 0 Å². The summed E-state index contributed by atoms with van der Waals surface area (Å²) in [6, 6.07) is 16.0. The number of nitrogens with one attached hydrogen (secondary N) is 2. The van der Waals surface area contributed by atoms with Crippen LogP contribution in [0, 0.1) is 0 Å². The number of aliphatic imine (C=N–C) groups is 1. The van der Waals surface area contributed by atoms with Crippen molar-refractivity contribution in [3.05, 3.63) is 64.1 Å². The molecule has 0 aromatic heterocycles. The number of primary amides is 1. The van der Waals surface area contributed by atoms with Gasteiger partial charge in [0.1, 0.15) is 0 Å². The molecule has 1 atom stereocenters. The Labute approximate surface area is 168 Å². The van der Waals surface area contributed by atoms with Crippen molar-refractivity contribution in [2.45, 2.75) is 19.0 Å². The number of rotatable bonds is 5. The summed E-state index contributed by atoms with van der Waals surface area (Å²) in [6.45, 7) is 2.59. The van der Waals surface area contributed by atoms with Crippen LogP contribution >= 0.6 is 15.9 Å². The monoisotopic (exact) mass is 429 g/mol. The van der Waals surface area contributed by atoms with Crippen molar-refractivity contribution in [1.82, 2.24) is 10.6 Å². The third-order valence-corrected chi connectivity index (χ3v) is 5.17. The maximum absolute atomic E-state index is 11.1. The molecular weight excluding hydrogens is 406 g/mol. The second-order valence-electron chi connectivity index (χ2n) is 6.54. The molecule has 1 unspecified atom stereocenters. The highest BCUT2D eigenvalue weighted by Crippen LogP contribution is 2.22. The number of benzene rings is 2. The zero-order valence-corrected chi connectivity index (χ0v) is 16.9. The van der Waals surface area contributed by atoms with Crippen LogP contribution in [0.25, 0.3) is 0 Å². The van der Waals surface area contributed by atoms with Gasteiger partial charge in [-0.25, -0.2) is 0 Å². The Kier molecular flexibility index (Phi) is 6.34. The Morgan fingerprint density at radius 1 is 1.22 bits per heavy atom. The van der Waals surface area contributed by atoms with E-state index in [1.807, 2.05) is 12.1 Å². The Bertz CT molecular complexity index is 804. The molecule has 27 heavy (non-hydrogen) atoms. The summed E-state index contributed by atoms with van der Waals surface area (Å²) < 4.78 is 1.09. The fraction of sp³-hybridized carbons (Fsp3) is 0.300. The summed E-state index contributed by atoms with van der Waals surface area (Å²) in [4.78, 5) is 17.8. The molecule has 1 amide bonds. The Morgan fingerprint density at radius 3 is 2.56 bits per heavy atom. The van der Waals surface area contributed by atoms with Gasteiger partial charge in [0.05, 0.1) is 0 Å². The molecule has 0 bridgehead atoms. The molecule has 1 aliphatic heterocycles. The SMILES string of the molecule is CN=C(NCc1ccc(C(N)=O)cc1)NC1CCN(c2ccc(Br)cc2)C1. The van der Waals surface area contributed by atoms with Crippen LogP contribution in [0.1, 0.15) is 22.3 Å². The number of nitrogens with two attached hydrogens (primary N) is 1. The van der Waals surface area contributed by atoms with Crippen molar-refractivity contribution >= 4 is 33.5 Å². The van der Waals surface area contributed by atoms with Crippen molar-refractivity contribution in [2.24, 2.45) is 10.7 Å². The number of hydrogen-bond acceptors (Lipinski definition) is 3. The van der Waals surface area contributed by atoms with Gasteiger partial charge in [0, 0.05) is 48.4 Å². The number of nitrogens with zero attached hydrogens (tertiary/aromatic N) is 2. The number of amides is 1. The lowest BCUT2D eigenvalue weighted by atomic mass is 10.1. The molecule has 142 valence electrons. The maximum Gasteiger partial charge on any atom is 0.248 e. The first kappa shape index (κ1) is 19.2. The number of anilines is 1. The number of carbonyl (C=O) groups excluding carboxylic acids is 1. The minimum absolute atomic E-state index is 0.345. The lowest BCUT2D eigenvalue weighted by Crippen LogP contribution is -2.44. The smallest absolute Gasteiger partial charge is 0.248 e. The van der Waals surface area contributed by atoms with Gasteiger partial charge in [-0.15, -0.1) is 0 Å². The van der Waals surface area contributed by atoms with E-state index >= 15 is 0 Å². The molecular formula is C20H24BrN5O. The van der Waals surface area contributed by atoms with Gasteiger partial charge in [-0.05, 0) is 48.4 Å². The van der Waals surface area contributed by atoms with Gasteiger partial charge >= 0.3 is 0 Å². The molecule has 3 rings (SSSR count). The summed E-state index contributed by atoms with van der Waals surface area (Å²) in [7, 11) is 1.77. The highest BCUT2D eigenvalue weighted by Gasteiger charge is 2.23. The summed E-state index contributed by atoms with van der Waals surface area (Å²) >= 11 is 3.48. The van der Waals surface area contributed by atoms with Crippen LogP contribution in [0.15, 0.2) is 58.0 Å². The second kappa shape index (κ2) is 8.90. The van der Waals surface area contributed by atoms with Crippen molar-refractivity contribution in [2.75, 3.05) is 25.0 Å². The number of hydrogen-bond donors (Lipinski definition) is 3. The van der Waals surface area contributed by atoms with Crippen LogP contribution in [0.5, 0.6) is 0 Å². The molecule has 4 N–H and O–H groups in total. The number of carbonyl (C=O) groups is 1. The molecule has 0 spiro atoms. The van der Waals surface area contributed by atoms with Crippen molar-refractivity contribution in [3.8, 4) is 0 Å². The standard InChI is InChI=1S/C20H24BrN5O/c1-23-20(24-12-14-2-4-15(5-3-14)19(22)27)25-17-10-11-26(13-17)18-8-6-16(21)7-9-18/h2-9,17H,10-13H2,1H3,(H2,22,27)(H2,23,24,25). The summed E-state index contributed by atoms with van der Waals surface area (Å²) in [5.74, 6) is 0.361. The van der Waals surface area contributed by atoms with Crippen molar-refractivity contribution in [3.63, 3.8) is 0 Å². The maximum atomic E-state index is 11.1. The van der Waals surface area contributed by atoms with E-state index in [4.69, 9.17) is 5.73 Å². The summed E-state index contributed by atoms with van der Waals surface area (Å²) in [6.07, 6.45) is 1.06. The first-order chi connectivity index (χ1) is 13.0. The van der Waals surface area contributed by atoms with E-state index in [-0.39, 0.29) is 0 Å². The number of halogens is 1. The van der Waals surface area contributed by atoms with E-state index in [0.29, 0.717) is 18.2 Å². The quantitative estimate of drug-likeness (QED) is 0.503. The molecule has 2 aromatic carbocycles. The molecule has 0 saturated carbocycles. The van der Waals surface area contributed by atoms with Gasteiger partial charge in [0.15, 0.2) is 5.96 Å². The minimum atomic E-state index is -0.413. The van der Waals surface area contributed by atoms with Crippen molar-refractivity contribution in [1.29, 1.82) is 0 Å². The van der Waals surface area contributed by atoms with Crippen LogP contribution in [0.3, 0.4) is 0 Å². The third-order valence-electron chi connectivity index (χ3n) is 4.64. The molecule has 0 radical (unpaired) electrons. The second-order valence-corrected chi connectivity index (χ2v) is 7.45. The molecule has 1 fully saturated rings. The molecule has 7 heteroatoms. The number of guanidine groups is 1. The largest absolute Gasteiger partial charge is 0.369 e. The van der Waals surface area contributed by atoms with Crippen molar-refractivity contribution < 1.29 is 4.79 Å². The average molecular weight is 430 g/mol. The van der Waals surface area contributed by atoms with Crippen LogP contribution in [-0.2, 0) is 6.54 Å². The third kappa shape index (κ3) is 5.23. The first-order valence-electron chi connectivity index (χ1n) is 8.91. The van der Waals surface area contributed by atoms with E-state index in [2.05, 4.69) is 60.7 Å². The fourth-order valence-corrected chi connectivity index (χ4v) is 3.39. The van der Waals surface area contributed by atoms with Gasteiger partial charge in [0.2, 0.25) is 5.91 Å². The Hall–Kier alpha value is -2.54. The van der Waals surface area contributed by atoms with E-state index < -0.39 is 5.91 Å². The zero-order valence-electron chi connectivity index (χ0n) is 15.3. The molecule has 1 heterocycles. The van der Waals surface area contributed by atoms with E-state index in [1.54, 1.807) is 19.2 Å². The van der Waals surface area contributed by atoms with Gasteiger partial charge < -0.3 is 21.3 Å². The van der Waals surface area contributed by atoms with Crippen LogP contribution in [0.2, 0.25) is 0 Å². The predicted octanol–water partition coefficient (Wildman–Crippen LogP) is 2.49. The lowest BCUT2D eigenvalue weighted by molar-refractivity contribution is 0.100. The normalized spacial score (nSPS) is 17.0. The zero-order chi connectivity index (χ0) is 19.2. The van der Waals surface area contributed by atoms with E-state index in [1.165, 1.54) is 5.69 Å². The molecule has 1 saturated heterocycles. The van der Waals surface area contributed by atoms with Crippen LogP contribution in [0.4, 0.5) is 5.69 Å². The minimum Gasteiger partial charge on any atom is -0.369 e. The summed E-state index contributed by atoms with van der Waals surface area (Å²) in [5, 5.41) is 6.81. The Balaban J connectivity index is 1.50. The molecule has 1 aliphatic rings. The highest BCUT2D eigenvalue weighted by atomic mass is 79.9. The molecule has 0 aliphatic carbocycles. The Morgan fingerprint density at radius 2 is 1.93 bits per heavy atom. The fourth-order valence-electron chi connectivity index (χ4n) is 3.13. The predicted molar refractivity (Wildman–Crippen MR) is 113 cm³/mol. The lowest BCUT2D eigenvalue weighted by Gasteiger charge is -2.20. The van der Waals surface area contributed by atoms with Gasteiger partial charge in [-0.3, -0.25) is 9.79 Å². The average Bonchev–Trinajstić information content (AvgIpc) is 3.14.